The molecule has 0 radical (unpaired) electrons. The molecule has 4 aromatic carbocycles. The van der Waals surface area contributed by atoms with Crippen LogP contribution in [0.25, 0.3) is 21.5 Å². The molecule has 0 saturated heterocycles. The number of carbonyl (C=O) groups is 2. The first-order valence-corrected chi connectivity index (χ1v) is 10.2. The first-order valence-electron chi connectivity index (χ1n) is 9.38. The number of rotatable bonds is 5. The van der Waals surface area contributed by atoms with E-state index in [4.69, 9.17) is 0 Å². The molecule has 0 aliphatic heterocycles. The van der Waals surface area contributed by atoms with Crippen LogP contribution in [0.4, 0.5) is 5.69 Å². The van der Waals surface area contributed by atoms with Crippen molar-refractivity contribution in [3.05, 3.63) is 88.9 Å². The lowest BCUT2D eigenvalue weighted by Crippen LogP contribution is -2.24. The Morgan fingerprint density at radius 3 is 2.10 bits per heavy atom. The molecular formula is C24H18BrN3O2. The number of nitrogens with one attached hydrogen (secondary N) is 2. The van der Waals surface area contributed by atoms with Gasteiger partial charge >= 0.3 is 0 Å². The number of fused-ring (bicyclic) bond motifs is 2. The van der Waals surface area contributed by atoms with Gasteiger partial charge in [0.25, 0.3) is 0 Å². The highest BCUT2D eigenvalue weighted by atomic mass is 79.9. The molecule has 2 amide bonds. The maximum absolute atomic E-state index is 12.1. The van der Waals surface area contributed by atoms with E-state index in [1.807, 2.05) is 60.7 Å². The third-order valence-corrected chi connectivity index (χ3v) is 5.36. The van der Waals surface area contributed by atoms with E-state index in [1.54, 1.807) is 18.3 Å². The van der Waals surface area contributed by atoms with Crippen LogP contribution in [0.15, 0.2) is 88.4 Å². The third kappa shape index (κ3) is 4.39. The fraction of sp³-hybridized carbons (Fsp3) is 0.0417. The Hall–Kier alpha value is -3.51. The maximum atomic E-state index is 12.1. The highest BCUT2D eigenvalue weighted by molar-refractivity contribution is 9.10. The number of hydrogen-bond acceptors (Lipinski definition) is 3. The Bertz CT molecular complexity index is 1230. The smallest absolute Gasteiger partial charge is 0.249 e. The van der Waals surface area contributed by atoms with Crippen LogP contribution < -0.4 is 10.7 Å². The normalized spacial score (nSPS) is 11.1. The summed E-state index contributed by atoms with van der Waals surface area (Å²) in [5.41, 5.74) is 3.98. The van der Waals surface area contributed by atoms with Crippen LogP contribution in [-0.4, -0.2) is 18.0 Å². The molecule has 0 atom stereocenters. The summed E-state index contributed by atoms with van der Waals surface area (Å²) >= 11 is 3.36. The van der Waals surface area contributed by atoms with Gasteiger partial charge in [-0.3, -0.25) is 9.59 Å². The van der Waals surface area contributed by atoms with Gasteiger partial charge in [-0.15, -0.1) is 0 Å². The van der Waals surface area contributed by atoms with E-state index in [0.717, 1.165) is 31.6 Å². The SMILES string of the molecule is O=C(CC(=O)Nc1ccccc1Br)NN=Cc1c2ccccc2cc2ccccc12. The maximum Gasteiger partial charge on any atom is 0.249 e. The van der Waals surface area contributed by atoms with Gasteiger partial charge in [0.1, 0.15) is 6.42 Å². The lowest BCUT2D eigenvalue weighted by atomic mass is 9.97. The third-order valence-electron chi connectivity index (χ3n) is 4.66. The first-order chi connectivity index (χ1) is 14.6. The fourth-order valence-electron chi connectivity index (χ4n) is 3.30. The molecule has 0 heterocycles. The molecular weight excluding hydrogens is 442 g/mol. The van der Waals surface area contributed by atoms with Gasteiger partial charge in [-0.25, -0.2) is 5.43 Å². The Labute approximate surface area is 181 Å². The van der Waals surface area contributed by atoms with Crippen LogP contribution in [0.1, 0.15) is 12.0 Å². The second-order valence-electron chi connectivity index (χ2n) is 6.73. The largest absolute Gasteiger partial charge is 0.325 e. The Kier molecular flexibility index (Phi) is 5.86. The summed E-state index contributed by atoms with van der Waals surface area (Å²) in [6.07, 6.45) is 1.31. The molecule has 0 spiro atoms. The summed E-state index contributed by atoms with van der Waals surface area (Å²) < 4.78 is 0.750. The molecule has 5 nitrogen and oxygen atoms in total. The Morgan fingerprint density at radius 2 is 1.43 bits per heavy atom. The minimum Gasteiger partial charge on any atom is -0.325 e. The molecule has 0 aromatic heterocycles. The quantitative estimate of drug-likeness (QED) is 0.185. The zero-order valence-electron chi connectivity index (χ0n) is 15.9. The van der Waals surface area contributed by atoms with Gasteiger partial charge in [-0.1, -0.05) is 60.7 Å². The van der Waals surface area contributed by atoms with Crippen LogP contribution in [0, 0.1) is 0 Å². The van der Waals surface area contributed by atoms with E-state index in [-0.39, 0.29) is 6.42 Å². The predicted octanol–water partition coefficient (Wildman–Crippen LogP) is 5.23. The average molecular weight is 460 g/mol. The fourth-order valence-corrected chi connectivity index (χ4v) is 3.68. The number of halogens is 1. The summed E-state index contributed by atoms with van der Waals surface area (Å²) in [6, 6.07) is 25.4. The van der Waals surface area contributed by atoms with Gasteiger partial charge in [-0.05, 0) is 55.7 Å². The van der Waals surface area contributed by atoms with E-state index < -0.39 is 11.8 Å². The molecule has 0 unspecified atom stereocenters. The number of para-hydroxylation sites is 1. The zero-order chi connectivity index (χ0) is 20.9. The van der Waals surface area contributed by atoms with Gasteiger partial charge in [0.05, 0.1) is 11.9 Å². The highest BCUT2D eigenvalue weighted by Gasteiger charge is 2.11. The molecule has 0 aliphatic rings. The van der Waals surface area contributed by atoms with E-state index >= 15 is 0 Å². The van der Waals surface area contributed by atoms with Gasteiger partial charge in [0, 0.05) is 10.0 Å². The van der Waals surface area contributed by atoms with Crippen molar-refractivity contribution in [3.63, 3.8) is 0 Å². The standard InChI is InChI=1S/C24H18BrN3O2/c25-21-11-5-6-12-22(21)27-23(29)14-24(30)28-26-15-20-18-9-3-1-7-16(18)13-17-8-2-4-10-19(17)20/h1-13,15H,14H2,(H,27,29)(H,28,30). The van der Waals surface area contributed by atoms with Gasteiger partial charge in [0.2, 0.25) is 11.8 Å². The van der Waals surface area contributed by atoms with Crippen LogP contribution in [0.3, 0.4) is 0 Å². The number of carbonyl (C=O) groups excluding carboxylic acids is 2. The van der Waals surface area contributed by atoms with Crippen molar-refractivity contribution in [1.29, 1.82) is 0 Å². The van der Waals surface area contributed by atoms with Gasteiger partial charge in [0.15, 0.2) is 0 Å². The number of amides is 2. The zero-order valence-corrected chi connectivity index (χ0v) is 17.5. The second-order valence-corrected chi connectivity index (χ2v) is 7.58. The van der Waals surface area contributed by atoms with Crippen molar-refractivity contribution in [2.24, 2.45) is 5.10 Å². The first kappa shape index (κ1) is 19.8. The van der Waals surface area contributed by atoms with Crippen molar-refractivity contribution >= 4 is 61.2 Å². The molecule has 0 fully saturated rings. The summed E-state index contributed by atoms with van der Waals surface area (Å²) in [5.74, 6) is -0.898. The molecule has 4 rings (SSSR count). The lowest BCUT2D eigenvalue weighted by molar-refractivity contribution is -0.126. The Balaban J connectivity index is 1.49. The summed E-state index contributed by atoms with van der Waals surface area (Å²) in [5, 5.41) is 11.1. The van der Waals surface area contributed by atoms with Crippen LogP contribution in [0.2, 0.25) is 0 Å². The lowest BCUT2D eigenvalue weighted by Gasteiger charge is -2.08. The average Bonchev–Trinajstić information content (AvgIpc) is 2.75. The van der Waals surface area contributed by atoms with E-state index in [9.17, 15) is 9.59 Å². The summed E-state index contributed by atoms with van der Waals surface area (Å²) in [4.78, 5) is 24.3. The molecule has 30 heavy (non-hydrogen) atoms. The highest BCUT2D eigenvalue weighted by Crippen LogP contribution is 2.27. The molecule has 0 aliphatic carbocycles. The van der Waals surface area contributed by atoms with Crippen molar-refractivity contribution in [2.45, 2.75) is 6.42 Å². The van der Waals surface area contributed by atoms with Crippen LogP contribution in [0.5, 0.6) is 0 Å². The number of nitrogens with zero attached hydrogens (tertiary/aromatic N) is 1. The molecule has 0 saturated carbocycles. The van der Waals surface area contributed by atoms with Crippen molar-refractivity contribution < 1.29 is 9.59 Å². The van der Waals surface area contributed by atoms with E-state index in [2.05, 4.69) is 37.8 Å². The van der Waals surface area contributed by atoms with Crippen LogP contribution in [-0.2, 0) is 9.59 Å². The van der Waals surface area contributed by atoms with Crippen molar-refractivity contribution in [2.75, 3.05) is 5.32 Å². The van der Waals surface area contributed by atoms with Gasteiger partial charge in [-0.2, -0.15) is 5.10 Å². The molecule has 4 aromatic rings. The Morgan fingerprint density at radius 1 is 0.833 bits per heavy atom. The minimum atomic E-state index is -0.486. The predicted molar refractivity (Wildman–Crippen MR) is 125 cm³/mol. The van der Waals surface area contributed by atoms with Gasteiger partial charge < -0.3 is 5.32 Å². The van der Waals surface area contributed by atoms with Crippen LogP contribution >= 0.6 is 15.9 Å². The summed E-state index contributed by atoms with van der Waals surface area (Å²) in [6.45, 7) is 0. The second kappa shape index (κ2) is 8.88. The molecule has 148 valence electrons. The number of hydrogen-bond donors (Lipinski definition) is 2. The minimum absolute atomic E-state index is 0.324. The molecule has 6 heteroatoms. The monoisotopic (exact) mass is 459 g/mol. The number of anilines is 1. The summed E-state index contributed by atoms with van der Waals surface area (Å²) in [7, 11) is 0. The van der Waals surface area contributed by atoms with E-state index in [0.29, 0.717) is 5.69 Å². The van der Waals surface area contributed by atoms with Crippen molar-refractivity contribution in [1.82, 2.24) is 5.43 Å². The molecule has 0 bridgehead atoms. The van der Waals surface area contributed by atoms with E-state index in [1.165, 1.54) is 0 Å². The topological polar surface area (TPSA) is 70.6 Å². The number of hydrazone groups is 1. The molecule has 2 N–H and O–H groups in total. The van der Waals surface area contributed by atoms with Crippen molar-refractivity contribution in [3.8, 4) is 0 Å². The number of benzene rings is 4.